The molecule has 0 aliphatic carbocycles. The van der Waals surface area contributed by atoms with E-state index in [9.17, 15) is 31.1 Å². The number of aryl methyl sites for hydroxylation is 1. The van der Waals surface area contributed by atoms with Gasteiger partial charge in [0.15, 0.2) is 11.6 Å². The Hall–Kier alpha value is -4.41. The van der Waals surface area contributed by atoms with Gasteiger partial charge in [-0.2, -0.15) is 26.3 Å². The summed E-state index contributed by atoms with van der Waals surface area (Å²) in [5.41, 5.74) is 13.7. The number of amides is 1. The van der Waals surface area contributed by atoms with Gasteiger partial charge in [-0.3, -0.25) is 9.69 Å². The van der Waals surface area contributed by atoms with Gasteiger partial charge < -0.3 is 36.2 Å². The predicted octanol–water partition coefficient (Wildman–Crippen LogP) is 2.52. The number of ether oxygens (including phenoxy) is 1. The summed E-state index contributed by atoms with van der Waals surface area (Å²) < 4.78 is 70.1. The fourth-order valence-corrected chi connectivity index (χ4v) is 5.87. The highest BCUT2D eigenvalue weighted by atomic mass is 32.1. The number of hydrogen-bond acceptors (Lipinski definition) is 13. The highest BCUT2D eigenvalue weighted by molar-refractivity contribution is 7.19. The van der Waals surface area contributed by atoms with Crippen LogP contribution in [0.3, 0.4) is 0 Å². The predicted molar refractivity (Wildman–Crippen MR) is 168 cm³/mol. The van der Waals surface area contributed by atoms with Crippen LogP contribution in [0.4, 0.5) is 38.1 Å². The van der Waals surface area contributed by atoms with Gasteiger partial charge in [0, 0.05) is 63.1 Å². The normalized spacial score (nSPS) is 15.9. The van der Waals surface area contributed by atoms with Gasteiger partial charge >= 0.3 is 24.3 Å². The van der Waals surface area contributed by atoms with Crippen LogP contribution in [0.5, 0.6) is 0 Å². The van der Waals surface area contributed by atoms with Crippen molar-refractivity contribution in [2.24, 2.45) is 5.73 Å². The lowest BCUT2D eigenvalue weighted by Gasteiger charge is -2.37. The number of thiophene rings is 1. The molecular formula is C28H35F6N9O6S. The summed E-state index contributed by atoms with van der Waals surface area (Å²) in [7, 11) is 0. The second kappa shape index (κ2) is 16.1. The zero-order valence-corrected chi connectivity index (χ0v) is 27.8. The van der Waals surface area contributed by atoms with Crippen molar-refractivity contribution >= 4 is 51.2 Å². The van der Waals surface area contributed by atoms with E-state index in [4.69, 9.17) is 46.0 Å². The number of carbonyl (C=O) groups excluding carboxylic acids is 1. The monoisotopic (exact) mass is 739 g/mol. The van der Waals surface area contributed by atoms with Crippen molar-refractivity contribution in [1.29, 1.82) is 0 Å². The maximum atomic E-state index is 12.6. The lowest BCUT2D eigenvalue weighted by molar-refractivity contribution is -0.193. The smallest absolute Gasteiger partial charge is 0.475 e. The first-order chi connectivity index (χ1) is 23.1. The van der Waals surface area contributed by atoms with Crippen LogP contribution in [-0.4, -0.2) is 128 Å². The minimum Gasteiger partial charge on any atom is -0.475 e. The van der Waals surface area contributed by atoms with E-state index in [0.29, 0.717) is 32.1 Å². The molecule has 5 rings (SSSR count). The van der Waals surface area contributed by atoms with Crippen molar-refractivity contribution in [1.82, 2.24) is 29.7 Å². The highest BCUT2D eigenvalue weighted by Gasteiger charge is 2.39. The fraction of sp³-hybridized carbons (Fsp3) is 0.536. The van der Waals surface area contributed by atoms with Crippen LogP contribution in [0, 0.1) is 6.92 Å². The third-order valence-electron chi connectivity index (χ3n) is 7.15. The molecule has 3 aromatic rings. The van der Waals surface area contributed by atoms with Gasteiger partial charge in [-0.15, -0.1) is 11.3 Å². The molecule has 0 atom stereocenters. The second-order valence-electron chi connectivity index (χ2n) is 11.5. The highest BCUT2D eigenvalue weighted by Crippen LogP contribution is 2.38. The minimum absolute atomic E-state index is 0.00444. The van der Waals surface area contributed by atoms with E-state index in [1.165, 1.54) is 4.88 Å². The number of aromatic nitrogens is 4. The molecule has 5 heterocycles. The van der Waals surface area contributed by atoms with Gasteiger partial charge in [0.2, 0.25) is 11.9 Å². The third kappa shape index (κ3) is 10.8. The summed E-state index contributed by atoms with van der Waals surface area (Å²) in [5, 5.41) is 14.2. The number of morpholine rings is 1. The van der Waals surface area contributed by atoms with Gasteiger partial charge in [0.05, 0.1) is 34.5 Å². The standard InChI is InChI=1S/C24H33N9O2S.2C2HF3O2/c1-15-17(14-31-4-6-33(7-5-31)22(34)24(2,3)26)36-19-18(15)29-20(16-12-27-23(25)28-13-16)30-21(19)32-8-10-35-11-9-32;2*3-2(4,5)1(6)7/h12-13H,4-11,14,26H2,1-3H3,(H2,25,27,28);2*(H,6,7). The molecule has 2 fully saturated rings. The van der Waals surface area contributed by atoms with E-state index in [0.717, 1.165) is 59.9 Å². The van der Waals surface area contributed by atoms with Crippen LogP contribution < -0.4 is 16.4 Å². The molecule has 0 radical (unpaired) electrons. The van der Waals surface area contributed by atoms with Crippen molar-refractivity contribution in [2.75, 3.05) is 63.1 Å². The average molecular weight is 740 g/mol. The number of nitrogens with zero attached hydrogens (tertiary/aromatic N) is 7. The Balaban J connectivity index is 0.000000408. The molecule has 0 bridgehead atoms. The zero-order chi connectivity index (χ0) is 37.6. The van der Waals surface area contributed by atoms with Gasteiger partial charge in [0.1, 0.15) is 0 Å². The lowest BCUT2D eigenvalue weighted by atomic mass is 10.0. The summed E-state index contributed by atoms with van der Waals surface area (Å²) in [6.07, 6.45) is -6.84. The Labute approximate surface area is 284 Å². The summed E-state index contributed by atoms with van der Waals surface area (Å²) >= 11 is 1.75. The van der Waals surface area contributed by atoms with Crippen LogP contribution in [0.1, 0.15) is 24.3 Å². The quantitative estimate of drug-likeness (QED) is 0.277. The molecule has 2 aliphatic rings. The molecule has 0 aromatic carbocycles. The number of piperazine rings is 1. The number of carbonyl (C=O) groups is 3. The molecule has 6 N–H and O–H groups in total. The number of halogens is 6. The molecule has 0 unspecified atom stereocenters. The topological polar surface area (TPSA) is 214 Å². The molecule has 0 spiro atoms. The molecule has 1 amide bonds. The fourth-order valence-electron chi connectivity index (χ4n) is 4.56. The number of aliphatic carboxylic acids is 2. The largest absolute Gasteiger partial charge is 0.490 e. The molecule has 2 saturated heterocycles. The number of rotatable bonds is 5. The van der Waals surface area contributed by atoms with Crippen LogP contribution in [0.25, 0.3) is 21.6 Å². The number of nitrogens with two attached hydrogens (primary N) is 2. The van der Waals surface area contributed by atoms with Crippen LogP contribution >= 0.6 is 11.3 Å². The van der Waals surface area contributed by atoms with Gasteiger partial charge in [0.25, 0.3) is 0 Å². The third-order valence-corrected chi connectivity index (χ3v) is 8.41. The molecule has 0 saturated carbocycles. The molecular weight excluding hydrogens is 704 g/mol. The van der Waals surface area contributed by atoms with Gasteiger partial charge in [-0.1, -0.05) is 0 Å². The first-order valence-corrected chi connectivity index (χ1v) is 15.5. The van der Waals surface area contributed by atoms with Crippen molar-refractivity contribution in [2.45, 2.75) is 45.2 Å². The van der Waals surface area contributed by atoms with E-state index in [1.54, 1.807) is 37.6 Å². The number of nitrogen functional groups attached to an aromatic ring is 1. The van der Waals surface area contributed by atoms with Crippen molar-refractivity contribution in [3.8, 4) is 11.4 Å². The van der Waals surface area contributed by atoms with Crippen LogP contribution in [0.2, 0.25) is 0 Å². The maximum Gasteiger partial charge on any atom is 0.490 e. The van der Waals surface area contributed by atoms with E-state index in [2.05, 4.69) is 26.7 Å². The molecule has 22 heteroatoms. The summed E-state index contributed by atoms with van der Waals surface area (Å²) in [5.74, 6) is -3.77. The number of fused-ring (bicyclic) bond motifs is 1. The Kier molecular flexibility index (Phi) is 12.9. The average Bonchev–Trinajstić information content (AvgIpc) is 3.35. The zero-order valence-electron chi connectivity index (χ0n) is 27.0. The number of anilines is 2. The van der Waals surface area contributed by atoms with E-state index in [1.807, 2.05) is 4.90 Å². The number of hydrogen-bond donors (Lipinski definition) is 4. The molecule has 50 heavy (non-hydrogen) atoms. The van der Waals surface area contributed by atoms with Crippen LogP contribution in [0.15, 0.2) is 12.4 Å². The van der Waals surface area contributed by atoms with E-state index >= 15 is 0 Å². The van der Waals surface area contributed by atoms with Gasteiger partial charge in [-0.05, 0) is 26.3 Å². The Morgan fingerprint density at radius 3 is 1.86 bits per heavy atom. The van der Waals surface area contributed by atoms with Crippen molar-refractivity contribution < 1.29 is 55.7 Å². The van der Waals surface area contributed by atoms with E-state index in [-0.39, 0.29) is 11.9 Å². The molecule has 3 aromatic heterocycles. The van der Waals surface area contributed by atoms with Crippen LogP contribution in [-0.2, 0) is 25.7 Å². The molecule has 15 nitrogen and oxygen atoms in total. The van der Waals surface area contributed by atoms with Crippen molar-refractivity contribution in [3.05, 3.63) is 22.8 Å². The summed E-state index contributed by atoms with van der Waals surface area (Å²) in [6.45, 7) is 12.4. The summed E-state index contributed by atoms with van der Waals surface area (Å²) in [4.78, 5) is 56.3. The first-order valence-electron chi connectivity index (χ1n) is 14.7. The number of carboxylic acids is 2. The maximum absolute atomic E-state index is 12.6. The second-order valence-corrected chi connectivity index (χ2v) is 12.6. The van der Waals surface area contributed by atoms with Crippen molar-refractivity contribution in [3.63, 3.8) is 0 Å². The molecule has 2 aliphatic heterocycles. The Morgan fingerprint density at radius 2 is 1.40 bits per heavy atom. The Morgan fingerprint density at radius 1 is 0.900 bits per heavy atom. The van der Waals surface area contributed by atoms with E-state index < -0.39 is 29.8 Å². The number of carboxylic acid groups (broad SMARTS) is 2. The summed E-state index contributed by atoms with van der Waals surface area (Å²) in [6, 6.07) is 0. The number of alkyl halides is 6. The minimum atomic E-state index is -5.08. The lowest BCUT2D eigenvalue weighted by Crippen LogP contribution is -2.56. The SMILES string of the molecule is Cc1c(CN2CCN(C(=O)C(C)(C)N)CC2)sc2c(N3CCOCC3)nc(-c3cnc(N)nc3)nc12.O=C(O)C(F)(F)F.O=C(O)C(F)(F)F. The van der Waals surface area contributed by atoms with Gasteiger partial charge in [-0.25, -0.2) is 29.5 Å². The Bertz CT molecular complexity index is 1630. The first kappa shape index (κ1) is 40.0. The molecule has 276 valence electrons.